The molecule has 0 radical (unpaired) electrons. The number of halogens is 4. The number of hydrogen-bond donors (Lipinski definition) is 2. The molecule has 1 unspecified atom stereocenters. The first-order valence-electron chi connectivity index (χ1n) is 6.25. The van der Waals surface area contributed by atoms with E-state index in [4.69, 9.17) is 5.84 Å². The zero-order valence-corrected chi connectivity index (χ0v) is 10.3. The molecule has 1 aliphatic carbocycles. The summed E-state index contributed by atoms with van der Waals surface area (Å²) in [5, 5.41) is 0. The topological polar surface area (TPSA) is 38.0 Å². The summed E-state index contributed by atoms with van der Waals surface area (Å²) in [7, 11) is 0. The van der Waals surface area contributed by atoms with Crippen molar-refractivity contribution in [3.8, 4) is 0 Å². The predicted octanol–water partition coefficient (Wildman–Crippen LogP) is 3.54. The van der Waals surface area contributed by atoms with Crippen molar-refractivity contribution < 1.29 is 17.6 Å². The maximum atomic E-state index is 13.9. The van der Waals surface area contributed by atoms with Crippen LogP contribution in [0.4, 0.5) is 17.6 Å². The minimum atomic E-state index is -4.68. The zero-order valence-electron chi connectivity index (χ0n) is 10.3. The van der Waals surface area contributed by atoms with E-state index in [1.54, 1.807) is 0 Å². The van der Waals surface area contributed by atoms with Crippen LogP contribution in [0.1, 0.15) is 42.9 Å². The number of hydrazine groups is 1. The van der Waals surface area contributed by atoms with Crippen LogP contribution in [-0.4, -0.2) is 0 Å². The van der Waals surface area contributed by atoms with Gasteiger partial charge in [0.2, 0.25) is 0 Å². The molecule has 19 heavy (non-hydrogen) atoms. The number of nitrogens with two attached hydrogens (primary N) is 1. The fourth-order valence-corrected chi connectivity index (χ4v) is 2.18. The number of hydrogen-bond acceptors (Lipinski definition) is 2. The Morgan fingerprint density at radius 1 is 1.32 bits per heavy atom. The number of nitrogens with one attached hydrogen (secondary N) is 1. The van der Waals surface area contributed by atoms with Crippen LogP contribution in [0.3, 0.4) is 0 Å². The van der Waals surface area contributed by atoms with Gasteiger partial charge in [-0.15, -0.1) is 0 Å². The summed E-state index contributed by atoms with van der Waals surface area (Å²) in [4.78, 5) is 0. The second-order valence-corrected chi connectivity index (χ2v) is 4.95. The molecule has 2 rings (SSSR count). The summed E-state index contributed by atoms with van der Waals surface area (Å²) in [5.41, 5.74) is 1.16. The van der Waals surface area contributed by atoms with Crippen molar-refractivity contribution in [2.75, 3.05) is 0 Å². The quantitative estimate of drug-likeness (QED) is 0.490. The highest BCUT2D eigenvalue weighted by molar-refractivity contribution is 5.30. The van der Waals surface area contributed by atoms with Gasteiger partial charge in [0.05, 0.1) is 5.56 Å². The van der Waals surface area contributed by atoms with Crippen molar-refractivity contribution in [3.63, 3.8) is 0 Å². The van der Waals surface area contributed by atoms with E-state index in [0.29, 0.717) is 12.3 Å². The largest absolute Gasteiger partial charge is 0.419 e. The van der Waals surface area contributed by atoms with Crippen molar-refractivity contribution in [3.05, 3.63) is 35.1 Å². The Balaban J connectivity index is 2.21. The molecule has 3 N–H and O–H groups in total. The normalized spacial score (nSPS) is 17.5. The second-order valence-electron chi connectivity index (χ2n) is 4.95. The van der Waals surface area contributed by atoms with E-state index in [1.165, 1.54) is 12.1 Å². The van der Waals surface area contributed by atoms with Gasteiger partial charge in [-0.25, -0.2) is 4.39 Å². The van der Waals surface area contributed by atoms with Crippen LogP contribution in [0, 0.1) is 11.7 Å². The lowest BCUT2D eigenvalue weighted by atomic mass is 9.98. The van der Waals surface area contributed by atoms with Gasteiger partial charge in [-0.05, 0) is 24.8 Å². The third kappa shape index (κ3) is 3.45. The van der Waals surface area contributed by atoms with Crippen molar-refractivity contribution in [1.29, 1.82) is 0 Å². The van der Waals surface area contributed by atoms with Gasteiger partial charge in [0.15, 0.2) is 0 Å². The Hall–Kier alpha value is -1.14. The lowest BCUT2D eigenvalue weighted by molar-refractivity contribution is -0.140. The van der Waals surface area contributed by atoms with Gasteiger partial charge >= 0.3 is 6.18 Å². The number of benzene rings is 1. The average molecular weight is 276 g/mol. The first-order chi connectivity index (χ1) is 8.93. The predicted molar refractivity (Wildman–Crippen MR) is 63.4 cm³/mol. The van der Waals surface area contributed by atoms with E-state index in [2.05, 4.69) is 5.43 Å². The third-order valence-electron chi connectivity index (χ3n) is 3.47. The summed E-state index contributed by atoms with van der Waals surface area (Å²) in [6.07, 6.45) is -1.01. The molecular formula is C13H16F4N2. The Labute approximate surface area is 109 Å². The minimum Gasteiger partial charge on any atom is -0.271 e. The lowest BCUT2D eigenvalue weighted by Crippen LogP contribution is -2.29. The van der Waals surface area contributed by atoms with Crippen molar-refractivity contribution in [1.82, 2.24) is 5.43 Å². The molecule has 1 aromatic rings. The highest BCUT2D eigenvalue weighted by atomic mass is 19.4. The SMILES string of the molecule is NNC(CCC1CC1)c1cccc(C(F)(F)F)c1F. The molecule has 1 saturated carbocycles. The van der Waals surface area contributed by atoms with E-state index in [-0.39, 0.29) is 5.56 Å². The van der Waals surface area contributed by atoms with Gasteiger partial charge < -0.3 is 0 Å². The van der Waals surface area contributed by atoms with E-state index >= 15 is 0 Å². The lowest BCUT2D eigenvalue weighted by Gasteiger charge is -2.19. The first kappa shape index (κ1) is 14.3. The third-order valence-corrected chi connectivity index (χ3v) is 3.47. The summed E-state index contributed by atoms with van der Waals surface area (Å²) >= 11 is 0. The molecule has 6 heteroatoms. The second kappa shape index (κ2) is 5.46. The van der Waals surface area contributed by atoms with E-state index in [0.717, 1.165) is 25.3 Å². The van der Waals surface area contributed by atoms with Gasteiger partial charge in [0.25, 0.3) is 0 Å². The van der Waals surface area contributed by atoms with Crippen molar-refractivity contribution in [2.24, 2.45) is 11.8 Å². The molecule has 2 nitrogen and oxygen atoms in total. The monoisotopic (exact) mass is 276 g/mol. The van der Waals surface area contributed by atoms with Crippen molar-refractivity contribution in [2.45, 2.75) is 37.9 Å². The zero-order chi connectivity index (χ0) is 14.0. The highest BCUT2D eigenvalue weighted by Crippen LogP contribution is 2.38. The van der Waals surface area contributed by atoms with Crippen LogP contribution in [-0.2, 0) is 6.18 Å². The smallest absolute Gasteiger partial charge is 0.271 e. The molecule has 0 saturated heterocycles. The summed E-state index contributed by atoms with van der Waals surface area (Å²) in [5.74, 6) is 4.73. The fraction of sp³-hybridized carbons (Fsp3) is 0.538. The molecule has 106 valence electrons. The first-order valence-corrected chi connectivity index (χ1v) is 6.25. The van der Waals surface area contributed by atoms with Crippen LogP contribution in [0.25, 0.3) is 0 Å². The van der Waals surface area contributed by atoms with Gasteiger partial charge in [0, 0.05) is 11.6 Å². The molecule has 1 atom stereocenters. The van der Waals surface area contributed by atoms with E-state index in [9.17, 15) is 17.6 Å². The molecule has 0 aromatic heterocycles. The van der Waals surface area contributed by atoms with Crippen LogP contribution in [0.2, 0.25) is 0 Å². The Bertz CT molecular complexity index is 441. The maximum absolute atomic E-state index is 13.9. The van der Waals surface area contributed by atoms with Crippen LogP contribution in [0.5, 0.6) is 0 Å². The van der Waals surface area contributed by atoms with E-state index < -0.39 is 23.6 Å². The van der Waals surface area contributed by atoms with Crippen LogP contribution in [0.15, 0.2) is 18.2 Å². The van der Waals surface area contributed by atoms with Crippen LogP contribution < -0.4 is 11.3 Å². The molecule has 0 amide bonds. The summed E-state index contributed by atoms with van der Waals surface area (Å²) in [6, 6.07) is 2.72. The molecule has 1 fully saturated rings. The molecule has 1 aliphatic rings. The Morgan fingerprint density at radius 2 is 2.00 bits per heavy atom. The van der Waals surface area contributed by atoms with Gasteiger partial charge in [-0.3, -0.25) is 11.3 Å². The molecular weight excluding hydrogens is 260 g/mol. The van der Waals surface area contributed by atoms with Crippen molar-refractivity contribution >= 4 is 0 Å². The van der Waals surface area contributed by atoms with Gasteiger partial charge in [0.1, 0.15) is 5.82 Å². The van der Waals surface area contributed by atoms with E-state index in [1.807, 2.05) is 0 Å². The number of rotatable bonds is 5. The fourth-order valence-electron chi connectivity index (χ4n) is 2.18. The molecule has 1 aromatic carbocycles. The maximum Gasteiger partial charge on any atom is 0.419 e. The molecule has 0 spiro atoms. The Kier molecular flexibility index (Phi) is 4.10. The van der Waals surface area contributed by atoms with Gasteiger partial charge in [-0.2, -0.15) is 13.2 Å². The van der Waals surface area contributed by atoms with Crippen LogP contribution >= 0.6 is 0 Å². The Morgan fingerprint density at radius 3 is 2.53 bits per heavy atom. The molecule has 0 heterocycles. The molecule has 0 bridgehead atoms. The summed E-state index contributed by atoms with van der Waals surface area (Å²) < 4.78 is 51.8. The summed E-state index contributed by atoms with van der Waals surface area (Å²) in [6.45, 7) is 0. The average Bonchev–Trinajstić information content (AvgIpc) is 3.14. The standard InChI is InChI=1S/C13H16F4N2/c14-12-9(2-1-3-10(12)13(15,16)17)11(19-18)7-6-8-4-5-8/h1-3,8,11,19H,4-7,18H2. The highest BCUT2D eigenvalue weighted by Gasteiger charge is 2.35. The number of alkyl halides is 3. The minimum absolute atomic E-state index is 0.0158. The molecule has 0 aliphatic heterocycles. The van der Waals surface area contributed by atoms with Gasteiger partial charge in [-0.1, -0.05) is 25.0 Å².